The first-order chi connectivity index (χ1) is 12.8. The van der Waals surface area contributed by atoms with Crippen molar-refractivity contribution in [3.8, 4) is 17.2 Å². The lowest BCUT2D eigenvalue weighted by atomic mass is 10.2. The Balaban J connectivity index is 0.00000261. The molecule has 3 rings (SSSR count). The molecule has 0 aromatic heterocycles. The Morgan fingerprint density at radius 1 is 0.963 bits per heavy atom. The quantitative estimate of drug-likeness (QED) is 0.388. The number of hydrogen-bond acceptors (Lipinski definition) is 4. The third kappa shape index (κ3) is 6.20. The molecule has 0 amide bonds. The molecule has 6 nitrogen and oxygen atoms in total. The summed E-state index contributed by atoms with van der Waals surface area (Å²) in [5, 5.41) is 6.63. The minimum atomic E-state index is 0. The number of rotatable bonds is 5. The molecule has 2 N–H and O–H groups in total. The molecular formula is C20H26IN3O3. The average Bonchev–Trinajstić information content (AvgIpc) is 2.93. The lowest BCUT2D eigenvalue weighted by Gasteiger charge is -2.13. The molecule has 0 atom stereocenters. The van der Waals surface area contributed by atoms with Crippen molar-refractivity contribution in [1.82, 2.24) is 10.6 Å². The fourth-order valence-corrected chi connectivity index (χ4v) is 2.65. The van der Waals surface area contributed by atoms with Crippen molar-refractivity contribution in [1.29, 1.82) is 0 Å². The lowest BCUT2D eigenvalue weighted by molar-refractivity contribution is 0.297. The Hall–Kier alpha value is -2.16. The van der Waals surface area contributed by atoms with Gasteiger partial charge in [-0.25, -0.2) is 0 Å². The summed E-state index contributed by atoms with van der Waals surface area (Å²) in [4.78, 5) is 4.27. The minimum Gasteiger partial charge on any atom is -0.497 e. The van der Waals surface area contributed by atoms with Crippen LogP contribution in [0.5, 0.6) is 17.2 Å². The van der Waals surface area contributed by atoms with Gasteiger partial charge in [0.15, 0.2) is 17.5 Å². The molecule has 0 saturated heterocycles. The van der Waals surface area contributed by atoms with Gasteiger partial charge in [-0.1, -0.05) is 18.2 Å². The van der Waals surface area contributed by atoms with Crippen molar-refractivity contribution in [2.24, 2.45) is 4.99 Å². The van der Waals surface area contributed by atoms with Gasteiger partial charge in [-0.3, -0.25) is 4.99 Å². The van der Waals surface area contributed by atoms with Gasteiger partial charge >= 0.3 is 0 Å². The number of hydrogen-bond donors (Lipinski definition) is 2. The van der Waals surface area contributed by atoms with Crippen LogP contribution >= 0.6 is 24.0 Å². The Kier molecular flexibility index (Phi) is 8.50. The smallest absolute Gasteiger partial charge is 0.191 e. The van der Waals surface area contributed by atoms with Crippen LogP contribution in [0.15, 0.2) is 47.5 Å². The zero-order valence-corrected chi connectivity index (χ0v) is 18.0. The first-order valence-electron chi connectivity index (χ1n) is 8.74. The second-order valence-electron chi connectivity index (χ2n) is 5.96. The van der Waals surface area contributed by atoms with Crippen LogP contribution in [0.4, 0.5) is 0 Å². The van der Waals surface area contributed by atoms with Crippen molar-refractivity contribution in [3.05, 3.63) is 53.6 Å². The number of nitrogens with one attached hydrogen (secondary N) is 2. The molecule has 0 spiro atoms. The maximum atomic E-state index is 5.74. The Morgan fingerprint density at radius 3 is 2.26 bits per heavy atom. The third-order valence-corrected chi connectivity index (χ3v) is 4.11. The fourth-order valence-electron chi connectivity index (χ4n) is 2.65. The highest BCUT2D eigenvalue weighted by molar-refractivity contribution is 14.0. The molecule has 7 heteroatoms. The summed E-state index contributed by atoms with van der Waals surface area (Å²) in [6, 6.07) is 14.0. The van der Waals surface area contributed by atoms with E-state index in [1.54, 1.807) is 14.2 Å². The first-order valence-corrected chi connectivity index (χ1v) is 8.74. The molecule has 1 heterocycles. The molecule has 0 radical (unpaired) electrons. The van der Waals surface area contributed by atoms with E-state index in [1.807, 2.05) is 42.5 Å². The van der Waals surface area contributed by atoms with Gasteiger partial charge in [0, 0.05) is 26.6 Å². The highest BCUT2D eigenvalue weighted by atomic mass is 127. The minimum absolute atomic E-state index is 0. The van der Waals surface area contributed by atoms with Crippen molar-refractivity contribution >= 4 is 29.9 Å². The zero-order chi connectivity index (χ0) is 18.2. The molecular weight excluding hydrogens is 457 g/mol. The summed E-state index contributed by atoms with van der Waals surface area (Å²) in [6.07, 6.45) is 0.907. The highest BCUT2D eigenvalue weighted by Crippen LogP contribution is 2.30. The van der Waals surface area contributed by atoms with Crippen molar-refractivity contribution in [2.75, 3.05) is 27.4 Å². The van der Waals surface area contributed by atoms with Crippen LogP contribution in [0.25, 0.3) is 0 Å². The van der Waals surface area contributed by atoms with Crippen LogP contribution in [-0.2, 0) is 13.1 Å². The number of benzene rings is 2. The summed E-state index contributed by atoms with van der Waals surface area (Å²) in [6.45, 7) is 2.73. The number of ether oxygens (including phenoxy) is 3. The molecule has 0 fully saturated rings. The van der Waals surface area contributed by atoms with Crippen LogP contribution in [0.2, 0.25) is 0 Å². The molecule has 2 aromatic rings. The fraction of sp³-hybridized carbons (Fsp3) is 0.350. The van der Waals surface area contributed by atoms with Gasteiger partial charge in [0.25, 0.3) is 0 Å². The van der Waals surface area contributed by atoms with Crippen molar-refractivity contribution < 1.29 is 14.2 Å². The van der Waals surface area contributed by atoms with E-state index in [4.69, 9.17) is 14.2 Å². The number of methoxy groups -OCH3 is 1. The van der Waals surface area contributed by atoms with Gasteiger partial charge in [0.2, 0.25) is 0 Å². The van der Waals surface area contributed by atoms with E-state index in [2.05, 4.69) is 15.6 Å². The third-order valence-electron chi connectivity index (χ3n) is 4.11. The molecule has 0 bridgehead atoms. The van der Waals surface area contributed by atoms with Gasteiger partial charge in [-0.15, -0.1) is 24.0 Å². The van der Waals surface area contributed by atoms with Crippen LogP contribution < -0.4 is 24.8 Å². The van der Waals surface area contributed by atoms with Gasteiger partial charge in [0.05, 0.1) is 20.3 Å². The number of halogens is 1. The van der Waals surface area contributed by atoms with Crippen molar-refractivity contribution in [2.45, 2.75) is 19.5 Å². The first kappa shape index (κ1) is 21.1. The summed E-state index contributed by atoms with van der Waals surface area (Å²) in [5.74, 6) is 3.22. The van der Waals surface area contributed by atoms with Crippen LogP contribution in [0, 0.1) is 0 Å². The van der Waals surface area contributed by atoms with Crippen LogP contribution in [0.3, 0.4) is 0 Å². The summed E-state index contributed by atoms with van der Waals surface area (Å²) < 4.78 is 16.6. The Labute approximate surface area is 177 Å². The molecule has 27 heavy (non-hydrogen) atoms. The summed E-state index contributed by atoms with van der Waals surface area (Å²) in [5.41, 5.74) is 2.27. The largest absolute Gasteiger partial charge is 0.497 e. The zero-order valence-electron chi connectivity index (χ0n) is 15.7. The molecule has 0 aliphatic carbocycles. The van der Waals surface area contributed by atoms with Crippen LogP contribution in [0.1, 0.15) is 17.5 Å². The molecule has 2 aromatic carbocycles. The van der Waals surface area contributed by atoms with E-state index >= 15 is 0 Å². The molecule has 1 aliphatic heterocycles. The molecule has 0 unspecified atom stereocenters. The Morgan fingerprint density at radius 2 is 1.59 bits per heavy atom. The van der Waals surface area contributed by atoms with E-state index in [9.17, 15) is 0 Å². The lowest BCUT2D eigenvalue weighted by Crippen LogP contribution is -2.36. The maximum absolute atomic E-state index is 5.74. The maximum Gasteiger partial charge on any atom is 0.191 e. The van der Waals surface area contributed by atoms with Crippen molar-refractivity contribution in [3.63, 3.8) is 0 Å². The standard InChI is InChI=1S/C20H25N3O3.HI/c1-21-20(22-13-15-4-7-17(24-2)8-5-15)23-14-16-6-9-18-19(12-16)26-11-3-10-25-18;/h4-9,12H,3,10-11,13-14H2,1-2H3,(H2,21,22,23);1H. The van der Waals surface area contributed by atoms with Gasteiger partial charge in [0.1, 0.15) is 5.75 Å². The topological polar surface area (TPSA) is 64.1 Å². The molecule has 1 aliphatic rings. The highest BCUT2D eigenvalue weighted by Gasteiger charge is 2.10. The van der Waals surface area contributed by atoms with E-state index in [0.717, 1.165) is 40.8 Å². The van der Waals surface area contributed by atoms with Gasteiger partial charge in [-0.2, -0.15) is 0 Å². The van der Waals surface area contributed by atoms with E-state index in [1.165, 1.54) is 0 Å². The average molecular weight is 483 g/mol. The number of aliphatic imine (C=N–C) groups is 1. The number of nitrogens with zero attached hydrogens (tertiary/aromatic N) is 1. The summed E-state index contributed by atoms with van der Waals surface area (Å²) >= 11 is 0. The summed E-state index contributed by atoms with van der Waals surface area (Å²) in [7, 11) is 3.43. The second-order valence-corrected chi connectivity index (χ2v) is 5.96. The second kappa shape index (κ2) is 10.9. The van der Waals surface area contributed by atoms with E-state index in [0.29, 0.717) is 26.3 Å². The van der Waals surface area contributed by atoms with E-state index < -0.39 is 0 Å². The number of fused-ring (bicyclic) bond motifs is 1. The van der Waals surface area contributed by atoms with Gasteiger partial charge < -0.3 is 24.8 Å². The Bertz CT molecular complexity index is 751. The van der Waals surface area contributed by atoms with Gasteiger partial charge in [-0.05, 0) is 35.4 Å². The van der Waals surface area contributed by atoms with E-state index in [-0.39, 0.29) is 24.0 Å². The van der Waals surface area contributed by atoms with Crippen LogP contribution in [-0.4, -0.2) is 33.3 Å². The predicted molar refractivity (Wildman–Crippen MR) is 117 cm³/mol. The molecule has 146 valence electrons. The SMILES string of the molecule is CN=C(NCc1ccc(OC)cc1)NCc1ccc2c(c1)OCCCO2.I. The number of guanidine groups is 1. The normalized spacial score (nSPS) is 13.2. The molecule has 0 saturated carbocycles. The predicted octanol–water partition coefficient (Wildman–Crippen LogP) is 3.34. The monoisotopic (exact) mass is 483 g/mol.